The maximum absolute atomic E-state index is 12.8. The minimum atomic E-state index is -3.83. The number of hydrogen-bond donors (Lipinski definition) is 2. The molecule has 7 nitrogen and oxygen atoms in total. The molecule has 9 heteroatoms. The van der Waals surface area contributed by atoms with Crippen molar-refractivity contribution in [2.45, 2.75) is 16.7 Å². The molecule has 0 bridgehead atoms. The second-order valence-corrected chi connectivity index (χ2v) is 9.74. The molecular weight excluding hydrogens is 410 g/mol. The molecule has 2 amide bonds. The van der Waals surface area contributed by atoms with Gasteiger partial charge in [0.25, 0.3) is 5.91 Å². The van der Waals surface area contributed by atoms with E-state index in [1.54, 1.807) is 17.8 Å². The smallest absolute Gasteiger partial charge is 0.251 e. The third-order valence-corrected chi connectivity index (χ3v) is 7.27. The van der Waals surface area contributed by atoms with Crippen LogP contribution in [0.4, 0.5) is 0 Å². The number of nitrogens with zero attached hydrogens (tertiary/aromatic N) is 1. The molecule has 0 aromatic heterocycles. The summed E-state index contributed by atoms with van der Waals surface area (Å²) in [5, 5.41) is 5.41. The van der Waals surface area contributed by atoms with Crippen LogP contribution in [0, 0.1) is 6.92 Å². The highest BCUT2D eigenvalue weighted by Crippen LogP contribution is 2.19. The van der Waals surface area contributed by atoms with Crippen molar-refractivity contribution in [1.29, 1.82) is 0 Å². The number of nitrogens with one attached hydrogen (secondary N) is 2. The van der Waals surface area contributed by atoms with Crippen molar-refractivity contribution >= 4 is 33.6 Å². The highest BCUT2D eigenvalue weighted by molar-refractivity contribution is 7.99. The predicted octanol–water partition coefficient (Wildman–Crippen LogP) is 1.64. The Bertz CT molecular complexity index is 991. The summed E-state index contributed by atoms with van der Waals surface area (Å²) in [6.07, 6.45) is 0. The monoisotopic (exact) mass is 433 g/mol. The average Bonchev–Trinajstić information content (AvgIpc) is 2.72. The van der Waals surface area contributed by atoms with E-state index in [1.807, 2.05) is 31.2 Å². The molecule has 3 rings (SSSR count). The van der Waals surface area contributed by atoms with Crippen molar-refractivity contribution in [2.75, 3.05) is 31.9 Å². The molecule has 0 atom stereocenters. The van der Waals surface area contributed by atoms with Crippen LogP contribution in [0.3, 0.4) is 0 Å². The summed E-state index contributed by atoms with van der Waals surface area (Å²) in [5.41, 5.74) is 1.47. The number of carbonyl (C=O) groups excluding carboxylic acids is 2. The largest absolute Gasteiger partial charge is 0.354 e. The van der Waals surface area contributed by atoms with Crippen LogP contribution < -0.4 is 10.6 Å². The fourth-order valence-corrected chi connectivity index (χ4v) is 5.05. The van der Waals surface area contributed by atoms with Gasteiger partial charge in [0.05, 0.1) is 11.4 Å². The Hall–Kier alpha value is -2.36. The fraction of sp³-hybridized carbons (Fsp3) is 0.300. The van der Waals surface area contributed by atoms with E-state index in [2.05, 4.69) is 10.6 Å². The number of thioether (sulfide) groups is 1. The second kappa shape index (κ2) is 9.43. The zero-order chi connectivity index (χ0) is 20.9. The SMILES string of the molecule is Cc1ccc(SCCNC(=O)c2cccc(S(=O)(=O)N3CCNC(=O)C3)c2)cc1. The zero-order valence-electron chi connectivity index (χ0n) is 16.1. The lowest BCUT2D eigenvalue weighted by atomic mass is 10.2. The Balaban J connectivity index is 1.58. The molecule has 2 aromatic rings. The number of amides is 2. The van der Waals surface area contributed by atoms with E-state index >= 15 is 0 Å². The van der Waals surface area contributed by atoms with E-state index in [1.165, 1.54) is 23.8 Å². The van der Waals surface area contributed by atoms with E-state index in [0.717, 1.165) is 9.20 Å². The second-order valence-electron chi connectivity index (χ2n) is 6.63. The van der Waals surface area contributed by atoms with Crippen LogP contribution in [0.2, 0.25) is 0 Å². The molecular formula is C20H23N3O4S2. The van der Waals surface area contributed by atoms with Gasteiger partial charge in [-0.05, 0) is 37.3 Å². The Kier molecular flexibility index (Phi) is 6.94. The van der Waals surface area contributed by atoms with Crippen LogP contribution in [0.1, 0.15) is 15.9 Å². The van der Waals surface area contributed by atoms with Crippen molar-refractivity contribution < 1.29 is 18.0 Å². The summed E-state index contributed by atoms with van der Waals surface area (Å²) in [4.78, 5) is 25.1. The number of benzene rings is 2. The molecule has 0 unspecified atom stereocenters. The normalized spacial score (nSPS) is 15.0. The standard InChI is InChI=1S/C20H23N3O4S2/c1-15-5-7-17(8-6-15)28-12-10-22-20(25)16-3-2-4-18(13-16)29(26,27)23-11-9-21-19(24)14-23/h2-8,13H,9-12,14H2,1H3,(H,21,24)(H,22,25). The van der Waals surface area contributed by atoms with Crippen LogP contribution in [0.15, 0.2) is 58.3 Å². The molecule has 1 fully saturated rings. The van der Waals surface area contributed by atoms with Gasteiger partial charge in [0.2, 0.25) is 15.9 Å². The number of aryl methyl sites for hydroxylation is 1. The maximum atomic E-state index is 12.8. The Morgan fingerprint density at radius 2 is 1.97 bits per heavy atom. The third-order valence-electron chi connectivity index (χ3n) is 4.41. The molecule has 0 spiro atoms. The zero-order valence-corrected chi connectivity index (χ0v) is 17.7. The van der Waals surface area contributed by atoms with Crippen LogP contribution in [-0.2, 0) is 14.8 Å². The van der Waals surface area contributed by atoms with Gasteiger partial charge in [-0.15, -0.1) is 11.8 Å². The van der Waals surface area contributed by atoms with Gasteiger partial charge in [-0.25, -0.2) is 8.42 Å². The molecule has 1 heterocycles. The first-order valence-corrected chi connectivity index (χ1v) is 11.6. The van der Waals surface area contributed by atoms with Gasteiger partial charge in [0.15, 0.2) is 0 Å². The topological polar surface area (TPSA) is 95.6 Å². The van der Waals surface area contributed by atoms with Gasteiger partial charge in [-0.2, -0.15) is 4.31 Å². The van der Waals surface area contributed by atoms with Crippen LogP contribution >= 0.6 is 11.8 Å². The molecule has 29 heavy (non-hydrogen) atoms. The van der Waals surface area contributed by atoms with E-state index in [9.17, 15) is 18.0 Å². The molecule has 0 radical (unpaired) electrons. The molecule has 0 saturated carbocycles. The van der Waals surface area contributed by atoms with Crippen molar-refractivity contribution in [1.82, 2.24) is 14.9 Å². The summed E-state index contributed by atoms with van der Waals surface area (Å²) in [6.45, 7) is 2.76. The van der Waals surface area contributed by atoms with Crippen molar-refractivity contribution in [3.05, 3.63) is 59.7 Å². The Labute approximate surface area is 174 Å². The Morgan fingerprint density at radius 3 is 2.69 bits per heavy atom. The molecule has 1 aliphatic rings. The molecule has 1 saturated heterocycles. The predicted molar refractivity (Wildman–Crippen MR) is 112 cm³/mol. The quantitative estimate of drug-likeness (QED) is 0.511. The average molecular weight is 434 g/mol. The van der Waals surface area contributed by atoms with Crippen LogP contribution in [0.5, 0.6) is 0 Å². The number of sulfonamides is 1. The van der Waals surface area contributed by atoms with Crippen molar-refractivity contribution in [3.63, 3.8) is 0 Å². The number of piperazine rings is 1. The molecule has 0 aliphatic carbocycles. The van der Waals surface area contributed by atoms with E-state index in [-0.39, 0.29) is 41.9 Å². The first kappa shape index (κ1) is 21.4. The van der Waals surface area contributed by atoms with Gasteiger partial charge in [0.1, 0.15) is 0 Å². The first-order chi connectivity index (χ1) is 13.9. The summed E-state index contributed by atoms with van der Waals surface area (Å²) in [6, 6.07) is 14.1. The molecule has 154 valence electrons. The molecule has 1 aliphatic heterocycles. The summed E-state index contributed by atoms with van der Waals surface area (Å²) < 4.78 is 26.6. The van der Waals surface area contributed by atoms with Crippen LogP contribution in [-0.4, -0.2) is 56.5 Å². The van der Waals surface area contributed by atoms with E-state index in [4.69, 9.17) is 0 Å². The molecule has 2 aromatic carbocycles. The Morgan fingerprint density at radius 1 is 1.21 bits per heavy atom. The fourth-order valence-electron chi connectivity index (χ4n) is 2.84. The summed E-state index contributed by atoms with van der Waals surface area (Å²) in [5.74, 6) is 0.0399. The number of rotatable bonds is 7. The van der Waals surface area contributed by atoms with Gasteiger partial charge in [0, 0.05) is 35.8 Å². The minimum absolute atomic E-state index is 0.00822. The van der Waals surface area contributed by atoms with Crippen molar-refractivity contribution in [3.8, 4) is 0 Å². The van der Waals surface area contributed by atoms with E-state index in [0.29, 0.717) is 12.3 Å². The van der Waals surface area contributed by atoms with Crippen molar-refractivity contribution in [2.24, 2.45) is 0 Å². The lowest BCUT2D eigenvalue weighted by Crippen LogP contribution is -2.49. The first-order valence-electron chi connectivity index (χ1n) is 9.21. The minimum Gasteiger partial charge on any atom is -0.354 e. The van der Waals surface area contributed by atoms with Crippen LogP contribution in [0.25, 0.3) is 0 Å². The lowest BCUT2D eigenvalue weighted by molar-refractivity contribution is -0.122. The van der Waals surface area contributed by atoms with Gasteiger partial charge >= 0.3 is 0 Å². The van der Waals surface area contributed by atoms with Gasteiger partial charge in [-0.3, -0.25) is 9.59 Å². The summed E-state index contributed by atoms with van der Waals surface area (Å²) in [7, 11) is -3.83. The highest BCUT2D eigenvalue weighted by Gasteiger charge is 2.29. The summed E-state index contributed by atoms with van der Waals surface area (Å²) >= 11 is 1.64. The highest BCUT2D eigenvalue weighted by atomic mass is 32.2. The van der Waals surface area contributed by atoms with Gasteiger partial charge < -0.3 is 10.6 Å². The van der Waals surface area contributed by atoms with E-state index < -0.39 is 10.0 Å². The number of hydrogen-bond acceptors (Lipinski definition) is 5. The maximum Gasteiger partial charge on any atom is 0.251 e. The molecule has 2 N–H and O–H groups in total. The van der Waals surface area contributed by atoms with Gasteiger partial charge in [-0.1, -0.05) is 23.8 Å². The third kappa shape index (κ3) is 5.59. The lowest BCUT2D eigenvalue weighted by Gasteiger charge is -2.26. The number of carbonyl (C=O) groups is 2.